The number of carboxylic acids is 1. The zero-order valence-corrected chi connectivity index (χ0v) is 12.4. The van der Waals surface area contributed by atoms with Crippen molar-refractivity contribution in [2.45, 2.75) is 32.2 Å². The van der Waals surface area contributed by atoms with Crippen molar-refractivity contribution in [2.75, 3.05) is 6.61 Å². The lowest BCUT2D eigenvalue weighted by Crippen LogP contribution is -2.45. The summed E-state index contributed by atoms with van der Waals surface area (Å²) >= 11 is 0. The number of carbonyl (C=O) groups excluding carboxylic acids is 1. The number of para-hydroxylation sites is 2. The van der Waals surface area contributed by atoms with E-state index >= 15 is 0 Å². The molecule has 0 saturated heterocycles. The molecule has 0 bridgehead atoms. The molecule has 0 aliphatic rings. The first-order chi connectivity index (χ1) is 10.2. The maximum atomic E-state index is 11.8. The smallest absolute Gasteiger partial charge is 0.310 e. The van der Waals surface area contributed by atoms with Gasteiger partial charge < -0.3 is 15.2 Å². The number of hydrogen-bond acceptors (Lipinski definition) is 5. The van der Waals surface area contributed by atoms with Gasteiger partial charge in [0.2, 0.25) is 0 Å². The van der Waals surface area contributed by atoms with Crippen LogP contribution in [-0.2, 0) is 9.59 Å². The highest BCUT2D eigenvalue weighted by molar-refractivity contribution is 5.78. The van der Waals surface area contributed by atoms with E-state index in [4.69, 9.17) is 9.84 Å². The molecule has 22 heavy (non-hydrogen) atoms. The molecule has 8 nitrogen and oxygen atoms in total. The van der Waals surface area contributed by atoms with Crippen LogP contribution in [0.15, 0.2) is 24.3 Å². The Kier molecular flexibility index (Phi) is 5.85. The van der Waals surface area contributed by atoms with Crippen LogP contribution in [0.4, 0.5) is 5.69 Å². The normalized spacial score (nSPS) is 10.8. The predicted octanol–water partition coefficient (Wildman–Crippen LogP) is 1.73. The first-order valence-corrected chi connectivity index (χ1v) is 6.60. The van der Waals surface area contributed by atoms with Crippen molar-refractivity contribution in [3.8, 4) is 5.75 Å². The van der Waals surface area contributed by atoms with Crippen molar-refractivity contribution in [1.29, 1.82) is 0 Å². The first kappa shape index (κ1) is 17.4. The van der Waals surface area contributed by atoms with Gasteiger partial charge in [0.1, 0.15) is 0 Å². The van der Waals surface area contributed by atoms with E-state index in [1.54, 1.807) is 19.9 Å². The van der Waals surface area contributed by atoms with Crippen LogP contribution in [0.3, 0.4) is 0 Å². The average molecular weight is 310 g/mol. The number of aliphatic carboxylic acids is 1. The topological polar surface area (TPSA) is 119 Å². The molecule has 0 radical (unpaired) electrons. The maximum Gasteiger partial charge on any atom is 0.310 e. The SMILES string of the molecule is CC(C)(CCC(=O)O)NC(=O)COc1ccccc1[N+](=O)[O-]. The summed E-state index contributed by atoms with van der Waals surface area (Å²) in [6, 6.07) is 5.75. The van der Waals surface area contributed by atoms with E-state index in [-0.39, 0.29) is 30.9 Å². The zero-order chi connectivity index (χ0) is 16.8. The van der Waals surface area contributed by atoms with Crippen LogP contribution < -0.4 is 10.1 Å². The fraction of sp³-hybridized carbons (Fsp3) is 0.429. The van der Waals surface area contributed by atoms with Gasteiger partial charge in [-0.15, -0.1) is 0 Å². The number of benzene rings is 1. The number of ether oxygens (including phenoxy) is 1. The van der Waals surface area contributed by atoms with Crippen LogP contribution in [0.1, 0.15) is 26.7 Å². The lowest BCUT2D eigenvalue weighted by Gasteiger charge is -2.25. The van der Waals surface area contributed by atoms with Crippen molar-refractivity contribution in [3.05, 3.63) is 34.4 Å². The van der Waals surface area contributed by atoms with Crippen LogP contribution in [0.25, 0.3) is 0 Å². The number of carboxylic acid groups (broad SMARTS) is 1. The number of rotatable bonds is 8. The Bertz CT molecular complexity index is 570. The molecular formula is C14H18N2O6. The molecule has 120 valence electrons. The van der Waals surface area contributed by atoms with E-state index in [1.165, 1.54) is 18.2 Å². The quantitative estimate of drug-likeness (QED) is 0.557. The van der Waals surface area contributed by atoms with E-state index in [0.29, 0.717) is 0 Å². The summed E-state index contributed by atoms with van der Waals surface area (Å²) in [5, 5.41) is 22.1. The van der Waals surface area contributed by atoms with Gasteiger partial charge in [-0.3, -0.25) is 19.7 Å². The summed E-state index contributed by atoms with van der Waals surface area (Å²) in [6.07, 6.45) is 0.192. The lowest BCUT2D eigenvalue weighted by molar-refractivity contribution is -0.385. The van der Waals surface area contributed by atoms with Gasteiger partial charge >= 0.3 is 11.7 Å². The second kappa shape index (κ2) is 7.39. The van der Waals surface area contributed by atoms with Crippen molar-refractivity contribution in [2.24, 2.45) is 0 Å². The lowest BCUT2D eigenvalue weighted by atomic mass is 9.98. The van der Waals surface area contributed by atoms with Crippen molar-refractivity contribution < 1.29 is 24.4 Å². The van der Waals surface area contributed by atoms with Crippen LogP contribution >= 0.6 is 0 Å². The highest BCUT2D eigenvalue weighted by atomic mass is 16.6. The molecule has 0 heterocycles. The van der Waals surface area contributed by atoms with Gasteiger partial charge in [0, 0.05) is 18.0 Å². The first-order valence-electron chi connectivity index (χ1n) is 6.60. The second-order valence-corrected chi connectivity index (χ2v) is 5.34. The molecule has 1 aromatic carbocycles. The predicted molar refractivity (Wildman–Crippen MR) is 77.7 cm³/mol. The third-order valence-electron chi connectivity index (χ3n) is 2.86. The Balaban J connectivity index is 2.56. The Morgan fingerprint density at radius 2 is 2.00 bits per heavy atom. The van der Waals surface area contributed by atoms with Gasteiger partial charge in [-0.1, -0.05) is 12.1 Å². The summed E-state index contributed by atoms with van der Waals surface area (Å²) in [4.78, 5) is 32.6. The maximum absolute atomic E-state index is 11.8. The molecule has 0 aliphatic carbocycles. The largest absolute Gasteiger partial charge is 0.481 e. The third kappa shape index (κ3) is 5.78. The molecule has 0 fully saturated rings. The molecule has 0 unspecified atom stereocenters. The molecule has 1 rings (SSSR count). The summed E-state index contributed by atoms with van der Waals surface area (Å²) in [7, 11) is 0. The number of carbonyl (C=O) groups is 2. The third-order valence-corrected chi connectivity index (χ3v) is 2.86. The van der Waals surface area contributed by atoms with Crippen molar-refractivity contribution in [3.63, 3.8) is 0 Å². The summed E-state index contributed by atoms with van der Waals surface area (Å²) in [5.41, 5.74) is -0.929. The van der Waals surface area contributed by atoms with Gasteiger partial charge in [-0.2, -0.15) is 0 Å². The van der Waals surface area contributed by atoms with Gasteiger partial charge in [-0.25, -0.2) is 0 Å². The molecule has 0 spiro atoms. The number of nitrogens with zero attached hydrogens (tertiary/aromatic N) is 1. The average Bonchev–Trinajstić information content (AvgIpc) is 2.43. The minimum absolute atomic E-state index is 0.00555. The van der Waals surface area contributed by atoms with Crippen LogP contribution in [0.5, 0.6) is 5.75 Å². The Morgan fingerprint density at radius 1 is 1.36 bits per heavy atom. The Hall–Kier alpha value is -2.64. The van der Waals surface area contributed by atoms with E-state index in [2.05, 4.69) is 5.32 Å². The van der Waals surface area contributed by atoms with E-state index in [9.17, 15) is 19.7 Å². The number of nitrogens with one attached hydrogen (secondary N) is 1. The van der Waals surface area contributed by atoms with Crippen molar-refractivity contribution >= 4 is 17.6 Å². The molecule has 0 aromatic heterocycles. The standard InChI is InChI=1S/C14H18N2O6/c1-14(2,8-7-13(18)19)15-12(17)9-22-11-6-4-3-5-10(11)16(20)21/h3-6H,7-9H2,1-2H3,(H,15,17)(H,18,19). The summed E-state index contributed by atoms with van der Waals surface area (Å²) in [5.74, 6) is -1.42. The van der Waals surface area contributed by atoms with E-state index in [0.717, 1.165) is 0 Å². The minimum atomic E-state index is -0.946. The van der Waals surface area contributed by atoms with Gasteiger partial charge in [0.15, 0.2) is 12.4 Å². The number of nitro groups is 1. The van der Waals surface area contributed by atoms with Crippen LogP contribution in [0.2, 0.25) is 0 Å². The fourth-order valence-electron chi connectivity index (χ4n) is 1.77. The monoisotopic (exact) mass is 310 g/mol. The molecule has 0 saturated carbocycles. The summed E-state index contributed by atoms with van der Waals surface area (Å²) in [6.45, 7) is 3.00. The molecule has 8 heteroatoms. The highest BCUT2D eigenvalue weighted by Crippen LogP contribution is 2.25. The molecule has 1 amide bonds. The molecule has 0 aliphatic heterocycles. The van der Waals surface area contributed by atoms with Crippen molar-refractivity contribution in [1.82, 2.24) is 5.32 Å². The van der Waals surface area contributed by atoms with Gasteiger partial charge in [0.25, 0.3) is 5.91 Å². The van der Waals surface area contributed by atoms with E-state index < -0.39 is 22.3 Å². The van der Waals surface area contributed by atoms with Gasteiger partial charge in [0.05, 0.1) is 4.92 Å². The molecule has 2 N–H and O–H groups in total. The molecule has 1 aromatic rings. The van der Waals surface area contributed by atoms with Crippen LogP contribution in [-0.4, -0.2) is 34.1 Å². The van der Waals surface area contributed by atoms with E-state index in [1.807, 2.05) is 0 Å². The summed E-state index contributed by atoms with van der Waals surface area (Å²) < 4.78 is 5.16. The zero-order valence-electron chi connectivity index (χ0n) is 12.4. The highest BCUT2D eigenvalue weighted by Gasteiger charge is 2.22. The minimum Gasteiger partial charge on any atom is -0.481 e. The molecule has 0 atom stereocenters. The number of hydrogen-bond donors (Lipinski definition) is 2. The Labute approximate surface area is 127 Å². The van der Waals surface area contributed by atoms with Crippen LogP contribution in [0, 0.1) is 10.1 Å². The molecular weight excluding hydrogens is 292 g/mol. The van der Waals surface area contributed by atoms with Gasteiger partial charge in [-0.05, 0) is 26.3 Å². The Morgan fingerprint density at radius 3 is 2.59 bits per heavy atom. The second-order valence-electron chi connectivity index (χ2n) is 5.34. The fourth-order valence-corrected chi connectivity index (χ4v) is 1.77. The number of amides is 1. The number of nitro benzene ring substituents is 1.